The molecule has 1 heterocycles. The summed E-state index contributed by atoms with van der Waals surface area (Å²) in [5, 5.41) is 9.28. The van der Waals surface area contributed by atoms with Crippen LogP contribution in [0.1, 0.15) is 31.2 Å². The minimum atomic E-state index is -3.65. The summed E-state index contributed by atoms with van der Waals surface area (Å²) in [6.45, 7) is 5.55. The number of sulfonamides is 1. The summed E-state index contributed by atoms with van der Waals surface area (Å²) >= 11 is 0. The largest absolute Gasteiger partial charge is 0.508 e. The van der Waals surface area contributed by atoms with Crippen LogP contribution in [0, 0.1) is 0 Å². The van der Waals surface area contributed by atoms with Crippen LogP contribution in [0.25, 0.3) is 0 Å². The number of benzene rings is 2. The molecule has 1 saturated heterocycles. The SMILES string of the molecule is CCCN1CC[C@@H](c2ccc(NS(=O)(=O)c3ccc(O)cc3)cc2)C1. The van der Waals surface area contributed by atoms with Gasteiger partial charge in [-0.3, -0.25) is 4.72 Å². The first-order valence-electron chi connectivity index (χ1n) is 8.62. The third-order valence-electron chi connectivity index (χ3n) is 4.59. The number of anilines is 1. The van der Waals surface area contributed by atoms with Crippen molar-refractivity contribution in [3.05, 3.63) is 54.1 Å². The standard InChI is InChI=1S/C19H24N2O3S/c1-2-12-21-13-11-16(14-21)15-3-5-17(6-4-15)20-25(23,24)19-9-7-18(22)8-10-19/h3-10,16,20,22H,2,11-14H2,1H3/t16-/m1/s1. The van der Waals surface area contributed by atoms with E-state index in [9.17, 15) is 13.5 Å². The summed E-state index contributed by atoms with van der Waals surface area (Å²) in [5.74, 6) is 0.561. The fourth-order valence-corrected chi connectivity index (χ4v) is 4.35. The third-order valence-corrected chi connectivity index (χ3v) is 5.99. The second-order valence-corrected chi connectivity index (χ2v) is 8.19. The van der Waals surface area contributed by atoms with E-state index in [1.165, 1.54) is 36.2 Å². The summed E-state index contributed by atoms with van der Waals surface area (Å²) < 4.78 is 27.3. The van der Waals surface area contributed by atoms with Crippen LogP contribution in [-0.4, -0.2) is 38.1 Å². The molecule has 0 unspecified atom stereocenters. The van der Waals surface area contributed by atoms with Crippen molar-refractivity contribution in [2.75, 3.05) is 24.4 Å². The highest BCUT2D eigenvalue weighted by molar-refractivity contribution is 7.92. The maximum atomic E-state index is 12.4. The van der Waals surface area contributed by atoms with Gasteiger partial charge >= 0.3 is 0 Å². The van der Waals surface area contributed by atoms with Gasteiger partial charge in [0.2, 0.25) is 0 Å². The number of hydrogen-bond acceptors (Lipinski definition) is 4. The molecule has 0 saturated carbocycles. The fraction of sp³-hybridized carbons (Fsp3) is 0.368. The molecule has 5 nitrogen and oxygen atoms in total. The van der Waals surface area contributed by atoms with Gasteiger partial charge in [0.1, 0.15) is 5.75 Å². The molecule has 2 aromatic rings. The van der Waals surface area contributed by atoms with Crippen molar-refractivity contribution in [2.45, 2.75) is 30.6 Å². The van der Waals surface area contributed by atoms with Crippen LogP contribution in [-0.2, 0) is 10.0 Å². The van der Waals surface area contributed by atoms with Crippen molar-refractivity contribution in [2.24, 2.45) is 0 Å². The Hall–Kier alpha value is -2.05. The first-order valence-corrected chi connectivity index (χ1v) is 10.1. The number of hydrogen-bond donors (Lipinski definition) is 2. The van der Waals surface area contributed by atoms with Crippen LogP contribution < -0.4 is 4.72 Å². The average molecular weight is 360 g/mol. The molecule has 1 fully saturated rings. The average Bonchev–Trinajstić information content (AvgIpc) is 3.05. The summed E-state index contributed by atoms with van der Waals surface area (Å²) in [6, 6.07) is 13.1. The number of phenols is 1. The Morgan fingerprint density at radius 3 is 2.44 bits per heavy atom. The predicted molar refractivity (Wildman–Crippen MR) is 99.4 cm³/mol. The summed E-state index contributed by atoms with van der Waals surface area (Å²) in [4.78, 5) is 2.60. The second kappa shape index (κ2) is 7.45. The number of nitrogens with one attached hydrogen (secondary N) is 1. The lowest BCUT2D eigenvalue weighted by Gasteiger charge is -2.15. The van der Waals surface area contributed by atoms with Crippen LogP contribution in [0.3, 0.4) is 0 Å². The van der Waals surface area contributed by atoms with Gasteiger partial charge in [0.25, 0.3) is 10.0 Å². The highest BCUT2D eigenvalue weighted by Gasteiger charge is 2.23. The predicted octanol–water partition coefficient (Wildman–Crippen LogP) is 3.39. The lowest BCUT2D eigenvalue weighted by atomic mass is 9.98. The monoisotopic (exact) mass is 360 g/mol. The summed E-state index contributed by atoms with van der Waals surface area (Å²) in [7, 11) is -3.65. The molecule has 1 aliphatic rings. The Morgan fingerprint density at radius 2 is 1.80 bits per heavy atom. The Labute approximate surface area is 149 Å². The molecule has 3 rings (SSSR count). The van der Waals surface area contributed by atoms with Gasteiger partial charge in [0.15, 0.2) is 0 Å². The van der Waals surface area contributed by atoms with Crippen LogP contribution >= 0.6 is 0 Å². The lowest BCUT2D eigenvalue weighted by Crippen LogP contribution is -2.20. The molecule has 1 aliphatic heterocycles. The quantitative estimate of drug-likeness (QED) is 0.828. The van der Waals surface area contributed by atoms with Gasteiger partial charge < -0.3 is 10.0 Å². The maximum Gasteiger partial charge on any atom is 0.261 e. The van der Waals surface area contributed by atoms with Crippen molar-refractivity contribution in [1.82, 2.24) is 4.90 Å². The zero-order valence-electron chi connectivity index (χ0n) is 14.4. The van der Waals surface area contributed by atoms with Gasteiger partial charge in [-0.15, -0.1) is 0 Å². The van der Waals surface area contributed by atoms with Gasteiger partial charge in [0, 0.05) is 12.2 Å². The van der Waals surface area contributed by atoms with Gasteiger partial charge in [-0.2, -0.15) is 0 Å². The molecule has 0 aliphatic carbocycles. The fourth-order valence-electron chi connectivity index (χ4n) is 3.29. The van der Waals surface area contributed by atoms with Crippen molar-refractivity contribution >= 4 is 15.7 Å². The molecule has 2 N–H and O–H groups in total. The van der Waals surface area contributed by atoms with E-state index in [1.54, 1.807) is 0 Å². The lowest BCUT2D eigenvalue weighted by molar-refractivity contribution is 0.335. The minimum Gasteiger partial charge on any atom is -0.508 e. The van der Waals surface area contributed by atoms with E-state index in [1.807, 2.05) is 24.3 Å². The van der Waals surface area contributed by atoms with E-state index >= 15 is 0 Å². The molecule has 0 bridgehead atoms. The second-order valence-electron chi connectivity index (χ2n) is 6.51. The van der Waals surface area contributed by atoms with Gasteiger partial charge in [-0.05, 0) is 73.8 Å². The van der Waals surface area contributed by atoms with Crippen LogP contribution in [0.2, 0.25) is 0 Å². The van der Waals surface area contributed by atoms with Crippen molar-refractivity contribution in [3.63, 3.8) is 0 Å². The Morgan fingerprint density at radius 1 is 1.12 bits per heavy atom. The molecule has 0 amide bonds. The third kappa shape index (κ3) is 4.32. The number of aromatic hydroxyl groups is 1. The van der Waals surface area contributed by atoms with Crippen LogP contribution in [0.5, 0.6) is 5.75 Å². The van der Waals surface area contributed by atoms with E-state index in [4.69, 9.17) is 0 Å². The number of nitrogens with zero attached hydrogens (tertiary/aromatic N) is 1. The molecule has 25 heavy (non-hydrogen) atoms. The highest BCUT2D eigenvalue weighted by atomic mass is 32.2. The van der Waals surface area contributed by atoms with Crippen molar-refractivity contribution in [1.29, 1.82) is 0 Å². The highest BCUT2D eigenvalue weighted by Crippen LogP contribution is 2.28. The van der Waals surface area contributed by atoms with Gasteiger partial charge in [-0.25, -0.2) is 8.42 Å². The Bertz CT molecular complexity index is 802. The topological polar surface area (TPSA) is 69.6 Å². The van der Waals surface area contributed by atoms with Gasteiger partial charge in [0.05, 0.1) is 4.90 Å². The van der Waals surface area contributed by atoms with Crippen molar-refractivity contribution < 1.29 is 13.5 Å². The van der Waals surface area contributed by atoms with E-state index in [0.29, 0.717) is 11.6 Å². The first-order chi connectivity index (χ1) is 12.0. The maximum absolute atomic E-state index is 12.4. The van der Waals surface area contributed by atoms with E-state index in [-0.39, 0.29) is 10.6 Å². The molecule has 0 aromatic heterocycles. The molecular formula is C19H24N2O3S. The first kappa shape index (κ1) is 17.8. The normalized spacial score (nSPS) is 18.4. The Kier molecular flexibility index (Phi) is 5.30. The van der Waals surface area contributed by atoms with Crippen LogP contribution in [0.4, 0.5) is 5.69 Å². The Balaban J connectivity index is 1.67. The van der Waals surface area contributed by atoms with E-state index in [2.05, 4.69) is 16.5 Å². The molecule has 134 valence electrons. The molecule has 1 atom stereocenters. The molecule has 0 spiro atoms. The van der Waals surface area contributed by atoms with Crippen molar-refractivity contribution in [3.8, 4) is 5.75 Å². The molecule has 6 heteroatoms. The molecular weight excluding hydrogens is 336 g/mol. The zero-order chi connectivity index (χ0) is 17.9. The van der Waals surface area contributed by atoms with E-state index in [0.717, 1.165) is 26.1 Å². The van der Waals surface area contributed by atoms with Crippen LogP contribution in [0.15, 0.2) is 53.4 Å². The number of phenolic OH excluding ortho intramolecular Hbond substituents is 1. The molecule has 0 radical (unpaired) electrons. The molecule has 2 aromatic carbocycles. The van der Waals surface area contributed by atoms with Gasteiger partial charge in [-0.1, -0.05) is 19.1 Å². The minimum absolute atomic E-state index is 0.0389. The summed E-state index contributed by atoms with van der Waals surface area (Å²) in [6.07, 6.45) is 2.32. The zero-order valence-corrected chi connectivity index (χ0v) is 15.2. The smallest absolute Gasteiger partial charge is 0.261 e. The number of likely N-dealkylation sites (tertiary alicyclic amines) is 1. The van der Waals surface area contributed by atoms with E-state index < -0.39 is 10.0 Å². The number of rotatable bonds is 6. The summed E-state index contributed by atoms with van der Waals surface area (Å²) in [5.41, 5.74) is 1.80.